The molecule has 0 aliphatic rings. The predicted octanol–water partition coefficient (Wildman–Crippen LogP) is 5.40. The Balaban J connectivity index is 2.21. The van der Waals surface area contributed by atoms with Gasteiger partial charge >= 0.3 is 0 Å². The maximum atomic E-state index is 5.46. The van der Waals surface area contributed by atoms with Crippen molar-refractivity contribution in [3.05, 3.63) is 76.8 Å². The first-order valence-electron chi connectivity index (χ1n) is 6.99. The van der Waals surface area contributed by atoms with Crippen LogP contribution in [-0.4, -0.2) is 4.57 Å². The number of hydrogen-bond donors (Lipinski definition) is 0. The van der Waals surface area contributed by atoms with E-state index in [9.17, 15) is 0 Å². The standard InChI is InChI=1S/C19H17NS/c1-14-8-10-16(11-9-14)19-13-17(21)12-18(20(19)2)15-6-4-3-5-7-15/h3-13H,1-2H3. The van der Waals surface area contributed by atoms with E-state index in [1.165, 1.54) is 16.7 Å². The molecule has 21 heavy (non-hydrogen) atoms. The van der Waals surface area contributed by atoms with E-state index in [1.807, 2.05) is 6.07 Å². The first kappa shape index (κ1) is 13.8. The van der Waals surface area contributed by atoms with Gasteiger partial charge in [0.2, 0.25) is 0 Å². The van der Waals surface area contributed by atoms with Gasteiger partial charge in [-0.1, -0.05) is 72.4 Å². The van der Waals surface area contributed by atoms with Crippen molar-refractivity contribution in [3.63, 3.8) is 0 Å². The molecule has 1 heterocycles. The van der Waals surface area contributed by atoms with Crippen molar-refractivity contribution in [2.75, 3.05) is 0 Å². The fourth-order valence-corrected chi connectivity index (χ4v) is 2.75. The van der Waals surface area contributed by atoms with Crippen molar-refractivity contribution < 1.29 is 0 Å². The Bertz CT molecular complexity index is 814. The molecule has 0 aliphatic heterocycles. The zero-order chi connectivity index (χ0) is 14.8. The first-order chi connectivity index (χ1) is 10.1. The van der Waals surface area contributed by atoms with Gasteiger partial charge in [-0.05, 0) is 30.2 Å². The topological polar surface area (TPSA) is 4.93 Å². The third-order valence-corrected chi connectivity index (χ3v) is 3.93. The number of benzene rings is 2. The number of rotatable bonds is 2. The van der Waals surface area contributed by atoms with Crippen LogP contribution in [0.1, 0.15) is 5.56 Å². The molecule has 0 aliphatic carbocycles. The minimum Gasteiger partial charge on any atom is -0.344 e. The smallest absolute Gasteiger partial charge is 0.0496 e. The van der Waals surface area contributed by atoms with E-state index in [4.69, 9.17) is 12.2 Å². The first-order valence-corrected chi connectivity index (χ1v) is 7.39. The second-order valence-electron chi connectivity index (χ2n) is 5.25. The lowest BCUT2D eigenvalue weighted by Gasteiger charge is -2.15. The molecule has 1 aromatic heterocycles. The van der Waals surface area contributed by atoms with Crippen molar-refractivity contribution in [2.24, 2.45) is 7.05 Å². The fraction of sp³-hybridized carbons (Fsp3) is 0.105. The molecular weight excluding hydrogens is 274 g/mol. The number of aryl methyl sites for hydroxylation is 1. The average molecular weight is 291 g/mol. The molecule has 0 amide bonds. The molecule has 0 bridgehead atoms. The van der Waals surface area contributed by atoms with Gasteiger partial charge in [-0.2, -0.15) is 0 Å². The van der Waals surface area contributed by atoms with E-state index in [0.717, 1.165) is 15.9 Å². The Hall–Kier alpha value is -2.19. The molecular formula is C19H17NS. The summed E-state index contributed by atoms with van der Waals surface area (Å²) in [6.07, 6.45) is 0. The van der Waals surface area contributed by atoms with E-state index in [1.54, 1.807) is 0 Å². The molecule has 0 spiro atoms. The van der Waals surface area contributed by atoms with Gasteiger partial charge in [-0.3, -0.25) is 0 Å². The zero-order valence-corrected chi connectivity index (χ0v) is 13.0. The molecule has 0 unspecified atom stereocenters. The van der Waals surface area contributed by atoms with Crippen LogP contribution in [0, 0.1) is 11.4 Å². The van der Waals surface area contributed by atoms with Gasteiger partial charge in [0.25, 0.3) is 0 Å². The van der Waals surface area contributed by atoms with Crippen LogP contribution in [0.5, 0.6) is 0 Å². The van der Waals surface area contributed by atoms with Crippen molar-refractivity contribution >= 4 is 12.2 Å². The summed E-state index contributed by atoms with van der Waals surface area (Å²) in [5.41, 5.74) is 5.91. The third-order valence-electron chi connectivity index (χ3n) is 3.70. The molecule has 104 valence electrons. The van der Waals surface area contributed by atoms with Crippen LogP contribution in [0.15, 0.2) is 66.7 Å². The Labute approximate surface area is 130 Å². The predicted molar refractivity (Wildman–Crippen MR) is 91.9 cm³/mol. The molecule has 2 heteroatoms. The van der Waals surface area contributed by atoms with E-state index in [2.05, 4.69) is 79.2 Å². The highest BCUT2D eigenvalue weighted by Crippen LogP contribution is 2.26. The second kappa shape index (κ2) is 5.66. The average Bonchev–Trinajstić information content (AvgIpc) is 2.51. The SMILES string of the molecule is Cc1ccc(-c2cc(=S)cc(-c3ccccc3)n2C)cc1. The van der Waals surface area contributed by atoms with Crippen LogP contribution < -0.4 is 0 Å². The summed E-state index contributed by atoms with van der Waals surface area (Å²) in [6.45, 7) is 2.10. The summed E-state index contributed by atoms with van der Waals surface area (Å²) in [6, 6.07) is 23.0. The zero-order valence-electron chi connectivity index (χ0n) is 12.2. The van der Waals surface area contributed by atoms with Gasteiger partial charge in [0.15, 0.2) is 0 Å². The second-order valence-corrected chi connectivity index (χ2v) is 5.72. The molecule has 0 N–H and O–H groups in total. The molecule has 3 aromatic rings. The lowest BCUT2D eigenvalue weighted by Crippen LogP contribution is -2.01. The van der Waals surface area contributed by atoms with Gasteiger partial charge in [0.05, 0.1) is 0 Å². The quantitative estimate of drug-likeness (QED) is 0.572. The van der Waals surface area contributed by atoms with Crippen LogP contribution in [0.4, 0.5) is 0 Å². The van der Waals surface area contributed by atoms with Crippen LogP contribution in [0.25, 0.3) is 22.5 Å². The molecule has 0 saturated carbocycles. The highest BCUT2D eigenvalue weighted by molar-refractivity contribution is 7.71. The lowest BCUT2D eigenvalue weighted by molar-refractivity contribution is 0.923. The monoisotopic (exact) mass is 291 g/mol. The van der Waals surface area contributed by atoms with Crippen LogP contribution in [-0.2, 0) is 7.05 Å². The molecule has 0 saturated heterocycles. The van der Waals surface area contributed by atoms with Gasteiger partial charge < -0.3 is 4.57 Å². The summed E-state index contributed by atoms with van der Waals surface area (Å²) in [7, 11) is 2.09. The number of aromatic nitrogens is 1. The van der Waals surface area contributed by atoms with Crippen molar-refractivity contribution in [3.8, 4) is 22.5 Å². The summed E-state index contributed by atoms with van der Waals surface area (Å²) < 4.78 is 3.07. The van der Waals surface area contributed by atoms with Crippen LogP contribution >= 0.6 is 12.2 Å². The Morgan fingerprint density at radius 1 is 0.762 bits per heavy atom. The van der Waals surface area contributed by atoms with Gasteiger partial charge in [-0.15, -0.1) is 0 Å². The van der Waals surface area contributed by atoms with Crippen LogP contribution in [0.2, 0.25) is 0 Å². The minimum absolute atomic E-state index is 0.863. The number of hydrogen-bond acceptors (Lipinski definition) is 1. The van der Waals surface area contributed by atoms with Gasteiger partial charge in [0, 0.05) is 22.9 Å². The van der Waals surface area contributed by atoms with Crippen molar-refractivity contribution in [1.29, 1.82) is 0 Å². The largest absolute Gasteiger partial charge is 0.344 e. The van der Waals surface area contributed by atoms with Crippen LogP contribution in [0.3, 0.4) is 0 Å². The van der Waals surface area contributed by atoms with Gasteiger partial charge in [0.1, 0.15) is 0 Å². The maximum absolute atomic E-state index is 5.46. The Kier molecular flexibility index (Phi) is 3.72. The minimum atomic E-state index is 0.863. The van der Waals surface area contributed by atoms with E-state index >= 15 is 0 Å². The summed E-state index contributed by atoms with van der Waals surface area (Å²) in [4.78, 5) is 0. The molecule has 2 aromatic carbocycles. The number of pyridine rings is 1. The van der Waals surface area contributed by atoms with Gasteiger partial charge in [-0.25, -0.2) is 0 Å². The fourth-order valence-electron chi connectivity index (χ4n) is 2.52. The Morgan fingerprint density at radius 2 is 1.29 bits per heavy atom. The van der Waals surface area contributed by atoms with E-state index < -0.39 is 0 Å². The molecule has 0 atom stereocenters. The normalized spacial score (nSPS) is 10.6. The molecule has 3 rings (SSSR count). The molecule has 0 fully saturated rings. The summed E-state index contributed by atoms with van der Waals surface area (Å²) >= 11 is 5.46. The maximum Gasteiger partial charge on any atom is 0.0496 e. The van der Waals surface area contributed by atoms with Crippen molar-refractivity contribution in [1.82, 2.24) is 4.57 Å². The number of nitrogens with zero attached hydrogens (tertiary/aromatic N) is 1. The molecule has 0 radical (unpaired) electrons. The summed E-state index contributed by atoms with van der Waals surface area (Å²) in [5, 5.41) is 0. The van der Waals surface area contributed by atoms with E-state index in [-0.39, 0.29) is 0 Å². The summed E-state index contributed by atoms with van der Waals surface area (Å²) in [5.74, 6) is 0. The third kappa shape index (κ3) is 2.81. The highest BCUT2D eigenvalue weighted by Gasteiger charge is 2.07. The lowest BCUT2D eigenvalue weighted by atomic mass is 10.1. The molecule has 1 nitrogen and oxygen atoms in total. The Morgan fingerprint density at radius 3 is 1.86 bits per heavy atom. The van der Waals surface area contributed by atoms with Crippen molar-refractivity contribution in [2.45, 2.75) is 6.92 Å². The van der Waals surface area contributed by atoms with E-state index in [0.29, 0.717) is 0 Å². The highest BCUT2D eigenvalue weighted by atomic mass is 32.1.